The van der Waals surface area contributed by atoms with Crippen molar-refractivity contribution < 1.29 is 28.7 Å². The molecule has 0 aliphatic carbocycles. The van der Waals surface area contributed by atoms with Gasteiger partial charge >= 0.3 is 11.9 Å². The first-order chi connectivity index (χ1) is 12.9. The lowest BCUT2D eigenvalue weighted by Gasteiger charge is -2.28. The van der Waals surface area contributed by atoms with Crippen molar-refractivity contribution in [3.63, 3.8) is 0 Å². The highest BCUT2D eigenvalue weighted by Gasteiger charge is 2.40. The first kappa shape index (κ1) is 20.4. The number of esters is 2. The van der Waals surface area contributed by atoms with E-state index in [4.69, 9.17) is 9.47 Å². The van der Waals surface area contributed by atoms with Crippen molar-refractivity contribution in [2.24, 2.45) is 5.92 Å². The van der Waals surface area contributed by atoms with Crippen LogP contribution in [-0.4, -0.2) is 48.9 Å². The van der Waals surface area contributed by atoms with E-state index in [-0.39, 0.29) is 12.3 Å². The molecule has 1 aromatic carbocycles. The van der Waals surface area contributed by atoms with Gasteiger partial charge in [0.05, 0.1) is 20.1 Å². The van der Waals surface area contributed by atoms with Crippen LogP contribution in [0, 0.1) is 5.92 Å². The second-order valence-corrected chi connectivity index (χ2v) is 6.42. The minimum absolute atomic E-state index is 0.0108. The van der Waals surface area contributed by atoms with Gasteiger partial charge in [-0.3, -0.25) is 19.3 Å². The summed E-state index contributed by atoms with van der Waals surface area (Å²) in [5.74, 6) is -3.13. The summed E-state index contributed by atoms with van der Waals surface area (Å²) < 4.78 is 9.65. The SMILES string of the molecule is COC(=O)C(CC(C)c1ccccc1)CC(C(=O)OC)N1C(=O)C=CC1=O. The molecule has 144 valence electrons. The molecule has 2 rings (SSSR count). The number of imide groups is 1. The zero-order valence-corrected chi connectivity index (χ0v) is 15.6. The summed E-state index contributed by atoms with van der Waals surface area (Å²) in [6, 6.07) is 8.44. The molecule has 0 fully saturated rings. The van der Waals surface area contributed by atoms with Crippen molar-refractivity contribution >= 4 is 23.8 Å². The number of carbonyl (C=O) groups excluding carboxylic acids is 4. The lowest BCUT2D eigenvalue weighted by atomic mass is 9.86. The van der Waals surface area contributed by atoms with Gasteiger partial charge in [-0.2, -0.15) is 0 Å². The van der Waals surface area contributed by atoms with Gasteiger partial charge in [0.15, 0.2) is 0 Å². The summed E-state index contributed by atoms with van der Waals surface area (Å²) >= 11 is 0. The quantitative estimate of drug-likeness (QED) is 0.510. The molecule has 7 heteroatoms. The minimum atomic E-state index is -1.18. The Balaban J connectivity index is 2.23. The Morgan fingerprint density at radius 3 is 2.00 bits per heavy atom. The number of methoxy groups -OCH3 is 2. The molecular formula is C20H23NO6. The van der Waals surface area contributed by atoms with Crippen LogP contribution in [0.25, 0.3) is 0 Å². The van der Waals surface area contributed by atoms with Crippen molar-refractivity contribution in [1.82, 2.24) is 4.90 Å². The van der Waals surface area contributed by atoms with Crippen LogP contribution in [0.1, 0.15) is 31.2 Å². The largest absolute Gasteiger partial charge is 0.469 e. The summed E-state index contributed by atoms with van der Waals surface area (Å²) in [7, 11) is 2.44. The highest BCUT2D eigenvalue weighted by atomic mass is 16.5. The van der Waals surface area contributed by atoms with Crippen molar-refractivity contribution in [2.45, 2.75) is 31.7 Å². The summed E-state index contributed by atoms with van der Waals surface area (Å²) in [4.78, 5) is 49.4. The molecule has 1 heterocycles. The number of hydrogen-bond donors (Lipinski definition) is 0. The van der Waals surface area contributed by atoms with Crippen LogP contribution in [0.4, 0.5) is 0 Å². The van der Waals surface area contributed by atoms with Crippen LogP contribution in [0.3, 0.4) is 0 Å². The van der Waals surface area contributed by atoms with E-state index in [2.05, 4.69) is 0 Å². The van der Waals surface area contributed by atoms with E-state index in [1.807, 2.05) is 37.3 Å². The summed E-state index contributed by atoms with van der Waals surface area (Å²) in [6.45, 7) is 1.96. The highest BCUT2D eigenvalue weighted by molar-refractivity contribution is 6.14. The third-order valence-corrected chi connectivity index (χ3v) is 4.68. The van der Waals surface area contributed by atoms with Gasteiger partial charge < -0.3 is 9.47 Å². The molecule has 0 spiro atoms. The number of rotatable bonds is 8. The summed E-state index contributed by atoms with van der Waals surface area (Å²) in [6.07, 6.45) is 2.53. The predicted octanol–water partition coefficient (Wildman–Crippen LogP) is 1.83. The molecule has 0 aromatic heterocycles. The number of nitrogens with zero attached hydrogens (tertiary/aromatic N) is 1. The predicted molar refractivity (Wildman–Crippen MR) is 96.4 cm³/mol. The molecule has 0 radical (unpaired) electrons. The highest BCUT2D eigenvalue weighted by Crippen LogP contribution is 2.29. The second kappa shape index (κ2) is 9.12. The van der Waals surface area contributed by atoms with Crippen molar-refractivity contribution in [3.8, 4) is 0 Å². The molecule has 1 aliphatic heterocycles. The Bertz CT molecular complexity index is 724. The Morgan fingerprint density at radius 2 is 1.48 bits per heavy atom. The number of carbonyl (C=O) groups is 4. The average Bonchev–Trinajstić information content (AvgIpc) is 3.02. The number of hydrogen-bond acceptors (Lipinski definition) is 6. The smallest absolute Gasteiger partial charge is 0.329 e. The van der Waals surface area contributed by atoms with Crippen LogP contribution in [0.15, 0.2) is 42.5 Å². The maximum Gasteiger partial charge on any atom is 0.329 e. The molecule has 0 saturated carbocycles. The van der Waals surface area contributed by atoms with Crippen LogP contribution in [0.5, 0.6) is 0 Å². The van der Waals surface area contributed by atoms with E-state index in [1.165, 1.54) is 14.2 Å². The van der Waals surface area contributed by atoms with E-state index in [0.717, 1.165) is 22.6 Å². The van der Waals surface area contributed by atoms with Crippen molar-refractivity contribution in [1.29, 1.82) is 0 Å². The van der Waals surface area contributed by atoms with E-state index in [1.54, 1.807) is 0 Å². The molecule has 1 aromatic rings. The second-order valence-electron chi connectivity index (χ2n) is 6.42. The topological polar surface area (TPSA) is 90.0 Å². The molecule has 0 bridgehead atoms. The fraction of sp³-hybridized carbons (Fsp3) is 0.400. The standard InChI is InChI=1S/C20H23NO6/c1-13(14-7-5-4-6-8-14)11-15(19(24)26-2)12-16(20(25)27-3)21-17(22)9-10-18(21)23/h4-10,13,15-16H,11-12H2,1-3H3. The number of benzene rings is 1. The van der Waals surface area contributed by atoms with Crippen molar-refractivity contribution in [2.75, 3.05) is 14.2 Å². The van der Waals surface area contributed by atoms with Crippen LogP contribution in [-0.2, 0) is 28.7 Å². The van der Waals surface area contributed by atoms with Gasteiger partial charge in [-0.05, 0) is 24.3 Å². The normalized spacial score (nSPS) is 16.8. The molecular weight excluding hydrogens is 350 g/mol. The van der Waals surface area contributed by atoms with Crippen LogP contribution in [0.2, 0.25) is 0 Å². The van der Waals surface area contributed by atoms with Gasteiger partial charge in [-0.1, -0.05) is 37.3 Å². The molecule has 0 saturated heterocycles. The molecule has 2 amide bonds. The summed E-state index contributed by atoms with van der Waals surface area (Å²) in [5, 5.41) is 0. The Kier molecular flexibility index (Phi) is 6.87. The molecule has 0 N–H and O–H groups in total. The van der Waals surface area contributed by atoms with Gasteiger partial charge in [0.1, 0.15) is 6.04 Å². The number of ether oxygens (including phenoxy) is 2. The van der Waals surface area contributed by atoms with Gasteiger partial charge in [-0.15, -0.1) is 0 Å². The fourth-order valence-electron chi connectivity index (χ4n) is 3.23. The van der Waals surface area contributed by atoms with Gasteiger partial charge in [-0.25, -0.2) is 4.79 Å². The van der Waals surface area contributed by atoms with Gasteiger partial charge in [0.25, 0.3) is 11.8 Å². The number of amides is 2. The van der Waals surface area contributed by atoms with E-state index in [9.17, 15) is 19.2 Å². The Hall–Kier alpha value is -2.96. The van der Waals surface area contributed by atoms with E-state index >= 15 is 0 Å². The average molecular weight is 373 g/mol. The molecule has 27 heavy (non-hydrogen) atoms. The molecule has 1 aliphatic rings. The Labute approximate surface area is 157 Å². The van der Waals surface area contributed by atoms with Gasteiger partial charge in [0, 0.05) is 12.2 Å². The molecule has 7 nitrogen and oxygen atoms in total. The van der Waals surface area contributed by atoms with Gasteiger partial charge in [0.2, 0.25) is 0 Å². The van der Waals surface area contributed by atoms with E-state index in [0.29, 0.717) is 6.42 Å². The maximum absolute atomic E-state index is 12.3. The zero-order chi connectivity index (χ0) is 20.0. The van der Waals surface area contributed by atoms with E-state index < -0.39 is 35.7 Å². The van der Waals surface area contributed by atoms with Crippen molar-refractivity contribution in [3.05, 3.63) is 48.0 Å². The summed E-state index contributed by atoms with van der Waals surface area (Å²) in [5.41, 5.74) is 1.04. The Morgan fingerprint density at radius 1 is 0.926 bits per heavy atom. The zero-order valence-electron chi connectivity index (χ0n) is 15.6. The first-order valence-corrected chi connectivity index (χ1v) is 8.64. The minimum Gasteiger partial charge on any atom is -0.469 e. The first-order valence-electron chi connectivity index (χ1n) is 8.64. The third-order valence-electron chi connectivity index (χ3n) is 4.68. The fourth-order valence-corrected chi connectivity index (χ4v) is 3.23. The molecule has 3 unspecified atom stereocenters. The van der Waals surface area contributed by atoms with Crippen LogP contribution < -0.4 is 0 Å². The lowest BCUT2D eigenvalue weighted by molar-refractivity contribution is -0.158. The molecule has 3 atom stereocenters. The maximum atomic E-state index is 12.3. The third kappa shape index (κ3) is 4.81. The monoisotopic (exact) mass is 373 g/mol. The lowest BCUT2D eigenvalue weighted by Crippen LogP contribution is -2.47. The van der Waals surface area contributed by atoms with Crippen LogP contribution >= 0.6 is 0 Å².